The summed E-state index contributed by atoms with van der Waals surface area (Å²) in [6, 6.07) is 12.3. The number of pyridine rings is 1. The molecule has 0 radical (unpaired) electrons. The summed E-state index contributed by atoms with van der Waals surface area (Å²) >= 11 is 1.84. The number of aromatic nitrogens is 3. The van der Waals surface area contributed by atoms with Crippen LogP contribution < -0.4 is 10.1 Å². The molecule has 0 unspecified atom stereocenters. The Kier molecular flexibility index (Phi) is 5.80. The molecule has 0 bridgehead atoms. The van der Waals surface area contributed by atoms with Crippen molar-refractivity contribution in [3.05, 3.63) is 64.8 Å². The molecule has 0 saturated carbocycles. The quantitative estimate of drug-likeness (QED) is 0.382. The first-order chi connectivity index (χ1) is 15.3. The van der Waals surface area contributed by atoms with Crippen LogP contribution >= 0.6 is 11.3 Å². The van der Waals surface area contributed by atoms with E-state index in [1.54, 1.807) is 19.5 Å². The molecule has 1 aromatic carbocycles. The lowest BCUT2D eigenvalue weighted by molar-refractivity contribution is 0.414. The van der Waals surface area contributed by atoms with Crippen LogP contribution in [0.2, 0.25) is 0 Å². The standard InChI is InChI=1S/C25H26N4OS/c1-30-19-10-8-17(9-11-19)5-4-14-27-24-22-20-6-2-3-7-21(20)31-25(22)29-23(28-24)18-12-15-26-16-13-18/h8-13,15-16H,2-7,14H2,1H3,(H,27,28,29). The van der Waals surface area contributed by atoms with Crippen LogP contribution in [0.1, 0.15) is 35.3 Å². The van der Waals surface area contributed by atoms with Crippen molar-refractivity contribution in [3.8, 4) is 17.1 Å². The molecule has 5 rings (SSSR count). The number of hydrogen-bond acceptors (Lipinski definition) is 6. The minimum atomic E-state index is 0.770. The summed E-state index contributed by atoms with van der Waals surface area (Å²) in [7, 11) is 1.70. The molecular weight excluding hydrogens is 404 g/mol. The van der Waals surface area contributed by atoms with E-state index in [0.29, 0.717) is 0 Å². The van der Waals surface area contributed by atoms with Crippen molar-refractivity contribution in [3.63, 3.8) is 0 Å². The molecule has 0 spiro atoms. The summed E-state index contributed by atoms with van der Waals surface area (Å²) in [5.74, 6) is 2.65. The predicted molar refractivity (Wildman–Crippen MR) is 127 cm³/mol. The van der Waals surface area contributed by atoms with Crippen molar-refractivity contribution in [2.45, 2.75) is 38.5 Å². The summed E-state index contributed by atoms with van der Waals surface area (Å²) in [6.07, 6.45) is 10.5. The Morgan fingerprint density at radius 2 is 1.81 bits per heavy atom. The second-order valence-corrected chi connectivity index (χ2v) is 8.98. The molecule has 3 aromatic heterocycles. The molecule has 4 aromatic rings. The van der Waals surface area contributed by atoms with Gasteiger partial charge in [0, 0.05) is 29.4 Å². The second-order valence-electron chi connectivity index (χ2n) is 7.90. The summed E-state index contributed by atoms with van der Waals surface area (Å²) in [4.78, 5) is 16.6. The van der Waals surface area contributed by atoms with Crippen molar-refractivity contribution in [1.29, 1.82) is 0 Å². The van der Waals surface area contributed by atoms with Gasteiger partial charge < -0.3 is 10.1 Å². The molecular formula is C25H26N4OS. The topological polar surface area (TPSA) is 59.9 Å². The zero-order valence-corrected chi connectivity index (χ0v) is 18.5. The minimum absolute atomic E-state index is 0.770. The molecule has 1 aliphatic carbocycles. The number of methoxy groups -OCH3 is 1. The maximum absolute atomic E-state index is 5.25. The lowest BCUT2D eigenvalue weighted by Gasteiger charge is -2.13. The number of thiophene rings is 1. The van der Waals surface area contributed by atoms with E-state index in [2.05, 4.69) is 22.4 Å². The van der Waals surface area contributed by atoms with Gasteiger partial charge in [0.2, 0.25) is 0 Å². The number of aryl methyl sites for hydroxylation is 3. The Morgan fingerprint density at radius 3 is 2.61 bits per heavy atom. The van der Waals surface area contributed by atoms with E-state index >= 15 is 0 Å². The van der Waals surface area contributed by atoms with Crippen LogP contribution in [-0.4, -0.2) is 28.6 Å². The number of rotatable bonds is 7. The maximum atomic E-state index is 5.25. The average molecular weight is 431 g/mol. The number of benzene rings is 1. The molecule has 158 valence electrons. The van der Waals surface area contributed by atoms with Crippen LogP contribution in [0.5, 0.6) is 5.75 Å². The van der Waals surface area contributed by atoms with Crippen LogP contribution in [0.3, 0.4) is 0 Å². The fourth-order valence-corrected chi connectivity index (χ4v) is 5.47. The molecule has 1 aliphatic rings. The van der Waals surface area contributed by atoms with Crippen LogP contribution in [0.4, 0.5) is 5.82 Å². The molecule has 0 atom stereocenters. The molecule has 0 fully saturated rings. The normalized spacial score (nSPS) is 13.2. The van der Waals surface area contributed by atoms with Gasteiger partial charge >= 0.3 is 0 Å². The first-order valence-corrected chi connectivity index (χ1v) is 11.7. The zero-order valence-electron chi connectivity index (χ0n) is 17.7. The van der Waals surface area contributed by atoms with Gasteiger partial charge in [-0.2, -0.15) is 0 Å². The van der Waals surface area contributed by atoms with Gasteiger partial charge in [-0.1, -0.05) is 12.1 Å². The number of anilines is 1. The van der Waals surface area contributed by atoms with Gasteiger partial charge in [-0.25, -0.2) is 9.97 Å². The van der Waals surface area contributed by atoms with Gasteiger partial charge in [0.25, 0.3) is 0 Å². The molecule has 0 aliphatic heterocycles. The second kappa shape index (κ2) is 9.02. The van der Waals surface area contributed by atoms with E-state index in [0.717, 1.165) is 60.0 Å². The third-order valence-corrected chi connectivity index (χ3v) is 7.03. The molecule has 3 heterocycles. The minimum Gasteiger partial charge on any atom is -0.497 e. The van der Waals surface area contributed by atoms with Gasteiger partial charge in [-0.3, -0.25) is 4.98 Å². The van der Waals surface area contributed by atoms with Crippen LogP contribution in [-0.2, 0) is 19.3 Å². The third kappa shape index (κ3) is 4.26. The number of fused-ring (bicyclic) bond motifs is 3. The monoisotopic (exact) mass is 430 g/mol. The van der Waals surface area contributed by atoms with Crippen molar-refractivity contribution in [2.24, 2.45) is 0 Å². The van der Waals surface area contributed by atoms with Gasteiger partial charge in [0.15, 0.2) is 5.82 Å². The highest BCUT2D eigenvalue weighted by Gasteiger charge is 2.21. The van der Waals surface area contributed by atoms with Crippen LogP contribution in [0, 0.1) is 0 Å². The number of nitrogens with one attached hydrogen (secondary N) is 1. The van der Waals surface area contributed by atoms with Crippen molar-refractivity contribution < 1.29 is 4.74 Å². The smallest absolute Gasteiger partial charge is 0.163 e. The molecule has 5 nitrogen and oxygen atoms in total. The first-order valence-electron chi connectivity index (χ1n) is 10.9. The number of nitrogens with zero attached hydrogens (tertiary/aromatic N) is 3. The van der Waals surface area contributed by atoms with E-state index in [-0.39, 0.29) is 0 Å². The molecule has 0 amide bonds. The molecule has 6 heteroatoms. The molecule has 31 heavy (non-hydrogen) atoms. The summed E-state index contributed by atoms with van der Waals surface area (Å²) in [5, 5.41) is 4.88. The Labute approximate surface area is 186 Å². The summed E-state index contributed by atoms with van der Waals surface area (Å²) < 4.78 is 5.25. The van der Waals surface area contributed by atoms with E-state index in [9.17, 15) is 0 Å². The van der Waals surface area contributed by atoms with E-state index in [4.69, 9.17) is 14.7 Å². The maximum Gasteiger partial charge on any atom is 0.163 e. The number of ether oxygens (including phenoxy) is 1. The van der Waals surface area contributed by atoms with Gasteiger partial charge in [-0.15, -0.1) is 11.3 Å². The highest BCUT2D eigenvalue weighted by Crippen LogP contribution is 2.39. The van der Waals surface area contributed by atoms with E-state index < -0.39 is 0 Å². The van der Waals surface area contributed by atoms with Crippen molar-refractivity contribution in [2.75, 3.05) is 19.0 Å². The summed E-state index contributed by atoms with van der Waals surface area (Å²) in [6.45, 7) is 0.874. The fraction of sp³-hybridized carbons (Fsp3) is 0.320. The number of hydrogen-bond donors (Lipinski definition) is 1. The van der Waals surface area contributed by atoms with Crippen LogP contribution in [0.25, 0.3) is 21.6 Å². The SMILES string of the molecule is COc1ccc(CCCNc2nc(-c3ccncc3)nc3sc4c(c23)CCCC4)cc1. The largest absolute Gasteiger partial charge is 0.497 e. The Morgan fingerprint density at radius 1 is 1.00 bits per heavy atom. The highest BCUT2D eigenvalue weighted by molar-refractivity contribution is 7.19. The van der Waals surface area contributed by atoms with E-state index in [1.807, 2.05) is 35.6 Å². The Hall–Kier alpha value is -2.99. The van der Waals surface area contributed by atoms with Gasteiger partial charge in [0.1, 0.15) is 16.4 Å². The van der Waals surface area contributed by atoms with Crippen LogP contribution in [0.15, 0.2) is 48.8 Å². The van der Waals surface area contributed by atoms with Crippen molar-refractivity contribution >= 4 is 27.4 Å². The lowest BCUT2D eigenvalue weighted by atomic mass is 9.97. The lowest BCUT2D eigenvalue weighted by Crippen LogP contribution is -2.08. The highest BCUT2D eigenvalue weighted by atomic mass is 32.1. The summed E-state index contributed by atoms with van der Waals surface area (Å²) in [5.41, 5.74) is 3.79. The van der Waals surface area contributed by atoms with Gasteiger partial charge in [0.05, 0.1) is 12.5 Å². The zero-order chi connectivity index (χ0) is 21.0. The van der Waals surface area contributed by atoms with Gasteiger partial charge in [-0.05, 0) is 73.9 Å². The third-order valence-electron chi connectivity index (χ3n) is 5.85. The Bertz CT molecular complexity index is 1170. The average Bonchev–Trinajstić information content (AvgIpc) is 3.21. The predicted octanol–water partition coefficient (Wildman–Crippen LogP) is 5.69. The van der Waals surface area contributed by atoms with E-state index in [1.165, 1.54) is 34.2 Å². The Balaban J connectivity index is 1.39. The molecule has 1 N–H and O–H groups in total. The van der Waals surface area contributed by atoms with Crippen molar-refractivity contribution in [1.82, 2.24) is 15.0 Å². The molecule has 0 saturated heterocycles. The fourth-order valence-electron chi connectivity index (χ4n) is 4.21. The first kappa shape index (κ1) is 19.9.